The molecule has 2 rings (SSSR count). The molecule has 88 valence electrons. The Morgan fingerprint density at radius 3 is 2.44 bits per heavy atom. The van der Waals surface area contributed by atoms with Gasteiger partial charge in [-0.1, -0.05) is 11.6 Å². The average molecular weight is 264 g/mol. The maximum atomic E-state index is 13.2. The number of benzene rings is 1. The SMILES string of the molecule is O=S1(=O)CCN(c2ccc(Cl)c(F)c2)CC1. The minimum Gasteiger partial charge on any atom is -0.369 e. The van der Waals surface area contributed by atoms with E-state index in [-0.39, 0.29) is 16.5 Å². The molecule has 1 saturated heterocycles. The molecule has 0 bridgehead atoms. The van der Waals surface area contributed by atoms with Gasteiger partial charge in [-0.25, -0.2) is 12.8 Å². The summed E-state index contributed by atoms with van der Waals surface area (Å²) in [5.41, 5.74) is 0.678. The molecule has 0 spiro atoms. The summed E-state index contributed by atoms with van der Waals surface area (Å²) in [6.07, 6.45) is 0. The maximum absolute atomic E-state index is 13.2. The van der Waals surface area contributed by atoms with Crippen molar-refractivity contribution in [3.05, 3.63) is 29.0 Å². The van der Waals surface area contributed by atoms with Crippen LogP contribution in [0.4, 0.5) is 10.1 Å². The van der Waals surface area contributed by atoms with E-state index in [0.29, 0.717) is 18.8 Å². The van der Waals surface area contributed by atoms with Crippen molar-refractivity contribution in [3.63, 3.8) is 0 Å². The maximum Gasteiger partial charge on any atom is 0.153 e. The Balaban J connectivity index is 2.17. The first kappa shape index (κ1) is 11.7. The van der Waals surface area contributed by atoms with Gasteiger partial charge in [-0.2, -0.15) is 0 Å². The van der Waals surface area contributed by atoms with Gasteiger partial charge < -0.3 is 4.90 Å². The van der Waals surface area contributed by atoms with E-state index in [4.69, 9.17) is 11.6 Å². The molecule has 16 heavy (non-hydrogen) atoms. The van der Waals surface area contributed by atoms with Crippen molar-refractivity contribution >= 4 is 27.1 Å². The van der Waals surface area contributed by atoms with Gasteiger partial charge in [-0.05, 0) is 18.2 Å². The standard InChI is InChI=1S/C10H11ClFNO2S/c11-9-2-1-8(7-10(9)12)13-3-5-16(14,15)6-4-13/h1-2,7H,3-6H2. The third-order valence-corrected chi connectivity index (χ3v) is 4.53. The van der Waals surface area contributed by atoms with Crippen LogP contribution in [0.1, 0.15) is 0 Å². The summed E-state index contributed by atoms with van der Waals surface area (Å²) < 4.78 is 35.7. The monoisotopic (exact) mass is 263 g/mol. The highest BCUT2D eigenvalue weighted by Crippen LogP contribution is 2.23. The summed E-state index contributed by atoms with van der Waals surface area (Å²) >= 11 is 5.58. The van der Waals surface area contributed by atoms with E-state index >= 15 is 0 Å². The Morgan fingerprint density at radius 1 is 1.25 bits per heavy atom. The molecule has 1 fully saturated rings. The molecule has 6 heteroatoms. The molecule has 0 atom stereocenters. The summed E-state index contributed by atoms with van der Waals surface area (Å²) in [6, 6.07) is 4.51. The fourth-order valence-corrected chi connectivity index (χ4v) is 2.97. The second-order valence-electron chi connectivity index (χ2n) is 3.74. The van der Waals surface area contributed by atoms with Gasteiger partial charge in [0.1, 0.15) is 5.82 Å². The molecular formula is C10H11ClFNO2S. The Kier molecular flexibility index (Phi) is 3.08. The van der Waals surface area contributed by atoms with Crippen molar-refractivity contribution < 1.29 is 12.8 Å². The Morgan fingerprint density at radius 2 is 1.88 bits per heavy atom. The van der Waals surface area contributed by atoms with Crippen LogP contribution in [0.5, 0.6) is 0 Å². The third kappa shape index (κ3) is 2.47. The molecule has 1 aromatic carbocycles. The fraction of sp³-hybridized carbons (Fsp3) is 0.400. The van der Waals surface area contributed by atoms with Crippen LogP contribution in [0.3, 0.4) is 0 Å². The second-order valence-corrected chi connectivity index (χ2v) is 6.45. The molecule has 1 aromatic rings. The Labute approximate surface area is 98.7 Å². The van der Waals surface area contributed by atoms with Crippen molar-refractivity contribution in [2.45, 2.75) is 0 Å². The normalized spacial score (nSPS) is 19.8. The first-order valence-electron chi connectivity index (χ1n) is 4.88. The number of hydrogen-bond donors (Lipinski definition) is 0. The topological polar surface area (TPSA) is 37.4 Å². The van der Waals surface area contributed by atoms with E-state index in [0.717, 1.165) is 0 Å². The minimum absolute atomic E-state index is 0.0772. The smallest absolute Gasteiger partial charge is 0.153 e. The quantitative estimate of drug-likeness (QED) is 0.774. The fourth-order valence-electron chi connectivity index (χ4n) is 1.65. The van der Waals surface area contributed by atoms with E-state index in [1.54, 1.807) is 6.07 Å². The number of hydrogen-bond acceptors (Lipinski definition) is 3. The van der Waals surface area contributed by atoms with Gasteiger partial charge in [0.25, 0.3) is 0 Å². The number of halogens is 2. The zero-order valence-corrected chi connectivity index (χ0v) is 10.1. The Hall–Kier alpha value is -0.810. The van der Waals surface area contributed by atoms with Crippen LogP contribution >= 0.6 is 11.6 Å². The average Bonchev–Trinajstić information content (AvgIpc) is 2.22. The van der Waals surface area contributed by atoms with Crippen LogP contribution in [0.15, 0.2) is 18.2 Å². The highest BCUT2D eigenvalue weighted by atomic mass is 35.5. The Bertz CT molecular complexity index is 490. The second kappa shape index (κ2) is 4.22. The van der Waals surface area contributed by atoms with Gasteiger partial charge in [0.05, 0.1) is 16.5 Å². The predicted octanol–water partition coefficient (Wildman–Crippen LogP) is 1.71. The van der Waals surface area contributed by atoms with Crippen molar-refractivity contribution in [3.8, 4) is 0 Å². The van der Waals surface area contributed by atoms with Gasteiger partial charge >= 0.3 is 0 Å². The van der Waals surface area contributed by atoms with Gasteiger partial charge in [0, 0.05) is 18.8 Å². The molecule has 3 nitrogen and oxygen atoms in total. The molecular weight excluding hydrogens is 253 g/mol. The molecule has 0 aromatic heterocycles. The van der Waals surface area contributed by atoms with Crippen molar-refractivity contribution in [1.82, 2.24) is 0 Å². The molecule has 1 heterocycles. The van der Waals surface area contributed by atoms with Crippen LogP contribution < -0.4 is 4.90 Å². The molecule has 0 saturated carbocycles. The van der Waals surface area contributed by atoms with Crippen LogP contribution in [0.2, 0.25) is 5.02 Å². The van der Waals surface area contributed by atoms with Crippen molar-refractivity contribution in [2.75, 3.05) is 29.5 Å². The molecule has 0 N–H and O–H groups in total. The number of rotatable bonds is 1. The summed E-state index contributed by atoms with van der Waals surface area (Å²) in [4.78, 5) is 1.85. The van der Waals surface area contributed by atoms with E-state index < -0.39 is 15.7 Å². The largest absolute Gasteiger partial charge is 0.369 e. The van der Waals surface area contributed by atoms with Gasteiger partial charge in [-0.15, -0.1) is 0 Å². The first-order valence-corrected chi connectivity index (χ1v) is 7.08. The van der Waals surface area contributed by atoms with Crippen LogP contribution in [0.25, 0.3) is 0 Å². The van der Waals surface area contributed by atoms with E-state index in [2.05, 4.69) is 0 Å². The lowest BCUT2D eigenvalue weighted by Crippen LogP contribution is -2.40. The minimum atomic E-state index is -2.90. The highest BCUT2D eigenvalue weighted by molar-refractivity contribution is 7.91. The number of nitrogens with zero attached hydrogens (tertiary/aromatic N) is 1. The molecule has 1 aliphatic rings. The van der Waals surface area contributed by atoms with Crippen molar-refractivity contribution in [1.29, 1.82) is 0 Å². The summed E-state index contributed by atoms with van der Waals surface area (Å²) in [6.45, 7) is 0.812. The van der Waals surface area contributed by atoms with Crippen LogP contribution in [-0.2, 0) is 9.84 Å². The van der Waals surface area contributed by atoms with E-state index in [1.807, 2.05) is 4.90 Å². The zero-order chi connectivity index (χ0) is 11.8. The lowest BCUT2D eigenvalue weighted by molar-refractivity contribution is 0.586. The predicted molar refractivity (Wildman–Crippen MR) is 62.3 cm³/mol. The molecule has 0 aliphatic carbocycles. The number of sulfone groups is 1. The van der Waals surface area contributed by atoms with E-state index in [1.165, 1.54) is 12.1 Å². The van der Waals surface area contributed by atoms with E-state index in [9.17, 15) is 12.8 Å². The first-order chi connectivity index (χ1) is 7.48. The van der Waals surface area contributed by atoms with Crippen LogP contribution in [0, 0.1) is 5.82 Å². The molecule has 0 amide bonds. The highest BCUT2D eigenvalue weighted by Gasteiger charge is 2.22. The molecule has 1 aliphatic heterocycles. The summed E-state index contributed by atoms with van der Waals surface area (Å²) in [7, 11) is -2.90. The lowest BCUT2D eigenvalue weighted by Gasteiger charge is -2.28. The van der Waals surface area contributed by atoms with Crippen molar-refractivity contribution in [2.24, 2.45) is 0 Å². The number of anilines is 1. The molecule has 0 unspecified atom stereocenters. The van der Waals surface area contributed by atoms with Gasteiger partial charge in [-0.3, -0.25) is 0 Å². The van der Waals surface area contributed by atoms with Gasteiger partial charge in [0.2, 0.25) is 0 Å². The van der Waals surface area contributed by atoms with Crippen LogP contribution in [-0.4, -0.2) is 33.0 Å². The molecule has 0 radical (unpaired) electrons. The third-order valence-electron chi connectivity index (χ3n) is 2.61. The lowest BCUT2D eigenvalue weighted by atomic mass is 10.2. The van der Waals surface area contributed by atoms with Gasteiger partial charge in [0.15, 0.2) is 9.84 Å². The summed E-state index contributed by atoms with van der Waals surface area (Å²) in [5.74, 6) is -0.235. The zero-order valence-electron chi connectivity index (χ0n) is 8.49. The summed E-state index contributed by atoms with van der Waals surface area (Å²) in [5, 5.41) is 0.0772.